The molecule has 210 valence electrons. The van der Waals surface area contributed by atoms with Crippen LogP contribution in [0.1, 0.15) is 28.8 Å². The van der Waals surface area contributed by atoms with Crippen LogP contribution < -0.4 is 15.0 Å². The molecule has 0 aliphatic rings. The maximum absolute atomic E-state index is 13.3. The zero-order valence-electron chi connectivity index (χ0n) is 22.1. The van der Waals surface area contributed by atoms with Crippen LogP contribution in [0.15, 0.2) is 78.9 Å². The number of hydrogen-bond donors (Lipinski definition) is 2. The van der Waals surface area contributed by atoms with Gasteiger partial charge in [-0.2, -0.15) is 5.48 Å². The standard InChI is InChI=1S/C29H35NO9/c1-33-15-17-35-20-37-25-14-13-24(19-26(25)38-21-36-18-16-34-2)27(30-32)29(31)39-28(22-9-5-3-6-10-22)23-11-7-4-8-12-23/h3-14,19,27-28,30,32H,15-18,20-21H2,1-2H3. The van der Waals surface area contributed by atoms with Crippen molar-refractivity contribution in [2.24, 2.45) is 0 Å². The highest BCUT2D eigenvalue weighted by molar-refractivity contribution is 5.78. The zero-order valence-corrected chi connectivity index (χ0v) is 22.1. The van der Waals surface area contributed by atoms with Gasteiger partial charge in [0.05, 0.1) is 26.4 Å². The summed E-state index contributed by atoms with van der Waals surface area (Å²) in [4.78, 5) is 13.3. The van der Waals surface area contributed by atoms with Crippen molar-refractivity contribution >= 4 is 5.97 Å². The molecule has 0 aliphatic heterocycles. The van der Waals surface area contributed by atoms with Gasteiger partial charge in [-0.3, -0.25) is 0 Å². The molecule has 0 saturated heterocycles. The second-order valence-electron chi connectivity index (χ2n) is 8.23. The van der Waals surface area contributed by atoms with Crippen molar-refractivity contribution in [3.05, 3.63) is 95.6 Å². The van der Waals surface area contributed by atoms with E-state index < -0.39 is 18.1 Å². The normalized spacial score (nSPS) is 11.8. The van der Waals surface area contributed by atoms with Gasteiger partial charge in [-0.15, -0.1) is 0 Å². The molecule has 10 nitrogen and oxygen atoms in total. The number of carbonyl (C=O) groups excluding carboxylic acids is 1. The first-order chi connectivity index (χ1) is 19.2. The van der Waals surface area contributed by atoms with Crippen molar-refractivity contribution in [2.45, 2.75) is 12.1 Å². The van der Waals surface area contributed by atoms with Gasteiger partial charge < -0.3 is 38.4 Å². The van der Waals surface area contributed by atoms with Gasteiger partial charge in [0.1, 0.15) is 0 Å². The van der Waals surface area contributed by atoms with E-state index in [-0.39, 0.29) is 19.3 Å². The van der Waals surface area contributed by atoms with Crippen molar-refractivity contribution in [1.29, 1.82) is 0 Å². The highest BCUT2D eigenvalue weighted by Gasteiger charge is 2.27. The summed E-state index contributed by atoms with van der Waals surface area (Å²) in [6, 6.07) is 22.4. The van der Waals surface area contributed by atoms with Crippen LogP contribution in [0.5, 0.6) is 11.5 Å². The highest BCUT2D eigenvalue weighted by atomic mass is 16.7. The van der Waals surface area contributed by atoms with E-state index in [4.69, 9.17) is 33.2 Å². The predicted molar refractivity (Wildman–Crippen MR) is 142 cm³/mol. The minimum absolute atomic E-state index is 0.0385. The number of rotatable bonds is 18. The van der Waals surface area contributed by atoms with E-state index in [2.05, 4.69) is 5.48 Å². The third kappa shape index (κ3) is 9.63. The van der Waals surface area contributed by atoms with Gasteiger partial charge in [-0.05, 0) is 28.8 Å². The van der Waals surface area contributed by atoms with Crippen molar-refractivity contribution in [2.75, 3.05) is 54.2 Å². The first kappa shape index (κ1) is 30.0. The molecule has 1 atom stereocenters. The molecule has 3 aromatic carbocycles. The molecule has 3 rings (SSSR count). The maximum atomic E-state index is 13.3. The Morgan fingerprint density at radius 1 is 0.718 bits per heavy atom. The Kier molecular flexibility index (Phi) is 13.2. The second-order valence-corrected chi connectivity index (χ2v) is 8.23. The molecular formula is C29H35NO9. The molecule has 2 N–H and O–H groups in total. The van der Waals surface area contributed by atoms with Gasteiger partial charge in [0, 0.05) is 14.2 Å². The summed E-state index contributed by atoms with van der Waals surface area (Å²) in [5.41, 5.74) is 4.05. The lowest BCUT2D eigenvalue weighted by Crippen LogP contribution is -2.29. The first-order valence-electron chi connectivity index (χ1n) is 12.4. The van der Waals surface area contributed by atoms with Gasteiger partial charge in [-0.25, -0.2) is 4.79 Å². The average molecular weight is 542 g/mol. The van der Waals surface area contributed by atoms with Gasteiger partial charge >= 0.3 is 5.97 Å². The summed E-state index contributed by atoms with van der Waals surface area (Å²) < 4.78 is 38.1. The summed E-state index contributed by atoms with van der Waals surface area (Å²) in [7, 11) is 3.15. The summed E-state index contributed by atoms with van der Waals surface area (Å²) in [5, 5.41) is 9.97. The number of esters is 1. The molecule has 0 spiro atoms. The van der Waals surface area contributed by atoms with Gasteiger partial charge in [0.25, 0.3) is 0 Å². The Hall–Kier alpha value is -3.51. The molecule has 0 fully saturated rings. The van der Waals surface area contributed by atoms with E-state index in [1.165, 1.54) is 0 Å². The summed E-state index contributed by atoms with van der Waals surface area (Å²) in [5.74, 6) is -0.0342. The summed E-state index contributed by atoms with van der Waals surface area (Å²) in [6.45, 7) is 1.41. The third-order valence-electron chi connectivity index (χ3n) is 5.56. The quantitative estimate of drug-likeness (QED) is 0.106. The molecule has 0 amide bonds. The first-order valence-corrected chi connectivity index (χ1v) is 12.4. The van der Waals surface area contributed by atoms with Crippen LogP contribution in [0.2, 0.25) is 0 Å². The number of methoxy groups -OCH3 is 2. The Bertz CT molecular complexity index is 1060. The number of nitrogens with one attached hydrogen (secondary N) is 1. The van der Waals surface area contributed by atoms with Crippen molar-refractivity contribution in [3.8, 4) is 11.5 Å². The van der Waals surface area contributed by atoms with Crippen LogP contribution in [0.3, 0.4) is 0 Å². The smallest absolute Gasteiger partial charge is 0.331 e. The van der Waals surface area contributed by atoms with Crippen LogP contribution >= 0.6 is 0 Å². The van der Waals surface area contributed by atoms with E-state index in [1.54, 1.807) is 32.4 Å². The molecule has 39 heavy (non-hydrogen) atoms. The number of hydrogen-bond acceptors (Lipinski definition) is 10. The fraction of sp³-hybridized carbons (Fsp3) is 0.345. The van der Waals surface area contributed by atoms with E-state index in [0.717, 1.165) is 11.1 Å². The second kappa shape index (κ2) is 17.2. The van der Waals surface area contributed by atoms with E-state index >= 15 is 0 Å². The molecule has 3 aromatic rings. The Morgan fingerprint density at radius 2 is 1.26 bits per heavy atom. The average Bonchev–Trinajstić information content (AvgIpc) is 2.98. The van der Waals surface area contributed by atoms with Crippen molar-refractivity contribution in [3.63, 3.8) is 0 Å². The number of ether oxygens (including phenoxy) is 7. The molecule has 0 bridgehead atoms. The largest absolute Gasteiger partial charge is 0.464 e. The SMILES string of the molecule is COCCOCOc1ccc(C(NO)C(=O)OC(c2ccccc2)c2ccccc2)cc1OCOCCOC. The minimum atomic E-state index is -1.20. The zero-order chi connectivity index (χ0) is 27.7. The van der Waals surface area contributed by atoms with Crippen LogP contribution in [0.25, 0.3) is 0 Å². The monoisotopic (exact) mass is 541 g/mol. The maximum Gasteiger partial charge on any atom is 0.331 e. The molecule has 1 unspecified atom stereocenters. The summed E-state index contributed by atoms with van der Waals surface area (Å²) in [6.07, 6.45) is -0.674. The lowest BCUT2D eigenvalue weighted by molar-refractivity contribution is -0.153. The molecule has 0 aliphatic carbocycles. The van der Waals surface area contributed by atoms with Gasteiger partial charge in [-0.1, -0.05) is 66.7 Å². The molecule has 0 aromatic heterocycles. The van der Waals surface area contributed by atoms with E-state index in [0.29, 0.717) is 37.7 Å². The molecule has 0 radical (unpaired) electrons. The fourth-order valence-corrected chi connectivity index (χ4v) is 3.58. The van der Waals surface area contributed by atoms with Crippen LogP contribution in [0, 0.1) is 0 Å². The third-order valence-corrected chi connectivity index (χ3v) is 5.56. The Balaban J connectivity index is 1.79. The Morgan fingerprint density at radius 3 is 1.77 bits per heavy atom. The van der Waals surface area contributed by atoms with E-state index in [1.807, 2.05) is 60.7 Å². The van der Waals surface area contributed by atoms with Crippen molar-refractivity contribution in [1.82, 2.24) is 5.48 Å². The molecular weight excluding hydrogens is 506 g/mol. The van der Waals surface area contributed by atoms with Gasteiger partial charge in [0.2, 0.25) is 0 Å². The van der Waals surface area contributed by atoms with Crippen LogP contribution in [0.4, 0.5) is 0 Å². The summed E-state index contributed by atoms with van der Waals surface area (Å²) >= 11 is 0. The minimum Gasteiger partial charge on any atom is -0.464 e. The molecule has 0 heterocycles. The molecule has 0 saturated carbocycles. The predicted octanol–water partition coefficient (Wildman–Crippen LogP) is 4.04. The Labute approximate surface area is 228 Å². The highest BCUT2D eigenvalue weighted by Crippen LogP contribution is 2.33. The lowest BCUT2D eigenvalue weighted by atomic mass is 10.0. The van der Waals surface area contributed by atoms with E-state index in [9.17, 15) is 10.0 Å². The van der Waals surface area contributed by atoms with Crippen LogP contribution in [-0.2, 0) is 28.5 Å². The number of hydroxylamine groups is 1. The fourth-order valence-electron chi connectivity index (χ4n) is 3.58. The number of carbonyl (C=O) groups is 1. The van der Waals surface area contributed by atoms with Crippen LogP contribution in [-0.4, -0.2) is 65.4 Å². The van der Waals surface area contributed by atoms with Crippen molar-refractivity contribution < 1.29 is 43.2 Å². The topological polar surface area (TPSA) is 114 Å². The molecule has 10 heteroatoms. The van der Waals surface area contributed by atoms with Gasteiger partial charge in [0.15, 0.2) is 37.2 Å². The lowest BCUT2D eigenvalue weighted by Gasteiger charge is -2.23. The number of benzene rings is 3.